The normalized spacial score (nSPS) is 10.2. The van der Waals surface area contributed by atoms with Gasteiger partial charge in [-0.2, -0.15) is 5.10 Å². The number of hydrogen-bond donors (Lipinski definition) is 2. The maximum absolute atomic E-state index is 13.2. The second-order valence-electron chi connectivity index (χ2n) is 3.35. The Morgan fingerprint density at radius 3 is 2.76 bits per heavy atom. The highest BCUT2D eigenvalue weighted by molar-refractivity contribution is 5.86. The highest BCUT2D eigenvalue weighted by Crippen LogP contribution is 2.24. The first-order valence-corrected chi connectivity index (χ1v) is 4.74. The molecule has 0 spiro atoms. The molecule has 1 heterocycles. The van der Waals surface area contributed by atoms with E-state index in [4.69, 9.17) is 9.84 Å². The highest BCUT2D eigenvalue weighted by Gasteiger charge is 2.11. The summed E-state index contributed by atoms with van der Waals surface area (Å²) in [5.74, 6) is -1.24. The number of carboxylic acids is 1. The van der Waals surface area contributed by atoms with Crippen LogP contribution in [0.1, 0.15) is 10.5 Å². The molecule has 6 heteroatoms. The van der Waals surface area contributed by atoms with E-state index in [1.165, 1.54) is 25.3 Å². The number of hydrogen-bond acceptors (Lipinski definition) is 3. The van der Waals surface area contributed by atoms with Crippen molar-refractivity contribution in [2.75, 3.05) is 7.11 Å². The molecule has 2 aromatic rings. The van der Waals surface area contributed by atoms with Crippen LogP contribution >= 0.6 is 0 Å². The molecule has 0 aliphatic rings. The van der Waals surface area contributed by atoms with E-state index in [1.807, 2.05) is 0 Å². The number of nitrogens with one attached hydrogen (secondary N) is 1. The van der Waals surface area contributed by atoms with Crippen LogP contribution in [0, 0.1) is 5.82 Å². The zero-order valence-corrected chi connectivity index (χ0v) is 8.90. The topological polar surface area (TPSA) is 75.2 Å². The Balaban J connectivity index is 2.44. The van der Waals surface area contributed by atoms with Crippen molar-refractivity contribution in [2.24, 2.45) is 0 Å². The fourth-order valence-corrected chi connectivity index (χ4v) is 1.41. The summed E-state index contributed by atoms with van der Waals surface area (Å²) >= 11 is 0. The monoisotopic (exact) mass is 236 g/mol. The van der Waals surface area contributed by atoms with Gasteiger partial charge in [-0.05, 0) is 18.2 Å². The smallest absolute Gasteiger partial charge is 0.353 e. The molecule has 0 saturated heterocycles. The van der Waals surface area contributed by atoms with Gasteiger partial charge in [-0.25, -0.2) is 9.18 Å². The summed E-state index contributed by atoms with van der Waals surface area (Å²) in [5.41, 5.74) is 0.744. The molecular formula is C11H9FN2O3. The lowest BCUT2D eigenvalue weighted by atomic mass is 10.1. The number of benzene rings is 1. The standard InChI is InChI=1S/C11H9FN2O3/c1-17-8-3-6(2-7(12)4-8)9-5-10(11(15)16)14-13-9/h2-5H,1H3,(H,13,14)(H,15,16). The van der Waals surface area contributed by atoms with Crippen LogP contribution in [-0.4, -0.2) is 28.4 Å². The molecule has 0 aliphatic carbocycles. The SMILES string of the molecule is COc1cc(F)cc(-c2cc(C(=O)O)[nH]n2)c1. The number of carbonyl (C=O) groups is 1. The summed E-state index contributed by atoms with van der Waals surface area (Å²) in [6, 6.07) is 5.39. The van der Waals surface area contributed by atoms with Gasteiger partial charge in [0.1, 0.15) is 17.3 Å². The second kappa shape index (κ2) is 4.25. The highest BCUT2D eigenvalue weighted by atomic mass is 19.1. The van der Waals surface area contributed by atoms with Gasteiger partial charge in [0.05, 0.1) is 12.8 Å². The van der Waals surface area contributed by atoms with Crippen LogP contribution in [0.5, 0.6) is 5.75 Å². The van der Waals surface area contributed by atoms with Crippen molar-refractivity contribution >= 4 is 5.97 Å². The number of aromatic amines is 1. The van der Waals surface area contributed by atoms with Gasteiger partial charge in [-0.15, -0.1) is 0 Å². The minimum atomic E-state index is -1.12. The minimum Gasteiger partial charge on any atom is -0.497 e. The molecular weight excluding hydrogens is 227 g/mol. The van der Waals surface area contributed by atoms with E-state index in [9.17, 15) is 9.18 Å². The van der Waals surface area contributed by atoms with Gasteiger partial charge in [0.15, 0.2) is 0 Å². The van der Waals surface area contributed by atoms with Crippen LogP contribution in [0.15, 0.2) is 24.3 Å². The van der Waals surface area contributed by atoms with Gasteiger partial charge in [-0.1, -0.05) is 0 Å². The number of halogens is 1. The quantitative estimate of drug-likeness (QED) is 0.853. The summed E-state index contributed by atoms with van der Waals surface area (Å²) in [7, 11) is 1.42. The van der Waals surface area contributed by atoms with Crippen molar-refractivity contribution in [3.8, 4) is 17.0 Å². The lowest BCUT2D eigenvalue weighted by molar-refractivity contribution is 0.0690. The van der Waals surface area contributed by atoms with Crippen molar-refractivity contribution < 1.29 is 19.0 Å². The molecule has 0 amide bonds. The number of carboxylic acid groups (broad SMARTS) is 1. The molecule has 0 atom stereocenters. The lowest BCUT2D eigenvalue weighted by Gasteiger charge is -2.02. The molecule has 88 valence electrons. The predicted molar refractivity (Wildman–Crippen MR) is 57.5 cm³/mol. The van der Waals surface area contributed by atoms with Gasteiger partial charge < -0.3 is 9.84 Å². The van der Waals surface area contributed by atoms with Crippen LogP contribution in [0.25, 0.3) is 11.3 Å². The largest absolute Gasteiger partial charge is 0.497 e. The van der Waals surface area contributed by atoms with Crippen molar-refractivity contribution in [3.05, 3.63) is 35.8 Å². The number of aromatic carboxylic acids is 1. The summed E-state index contributed by atoms with van der Waals surface area (Å²) < 4.78 is 18.1. The van der Waals surface area contributed by atoms with Gasteiger partial charge >= 0.3 is 5.97 Å². The lowest BCUT2D eigenvalue weighted by Crippen LogP contribution is -1.95. The zero-order valence-electron chi connectivity index (χ0n) is 8.90. The van der Waals surface area contributed by atoms with E-state index < -0.39 is 11.8 Å². The Morgan fingerprint density at radius 1 is 1.41 bits per heavy atom. The summed E-state index contributed by atoms with van der Waals surface area (Å²) in [6.07, 6.45) is 0. The number of H-pyrrole nitrogens is 1. The molecule has 0 saturated carbocycles. The predicted octanol–water partition coefficient (Wildman–Crippen LogP) is 1.92. The molecule has 0 unspecified atom stereocenters. The summed E-state index contributed by atoms with van der Waals surface area (Å²) in [5, 5.41) is 14.9. The van der Waals surface area contributed by atoms with Crippen LogP contribution < -0.4 is 4.74 Å². The van der Waals surface area contributed by atoms with E-state index in [1.54, 1.807) is 6.07 Å². The number of methoxy groups -OCH3 is 1. The van der Waals surface area contributed by atoms with E-state index in [0.29, 0.717) is 17.0 Å². The first kappa shape index (κ1) is 11.1. The van der Waals surface area contributed by atoms with Crippen molar-refractivity contribution in [1.82, 2.24) is 10.2 Å². The maximum atomic E-state index is 13.2. The average molecular weight is 236 g/mol. The van der Waals surface area contributed by atoms with Gasteiger partial charge in [0, 0.05) is 11.6 Å². The molecule has 5 nitrogen and oxygen atoms in total. The van der Waals surface area contributed by atoms with Gasteiger partial charge in [-0.3, -0.25) is 5.10 Å². The van der Waals surface area contributed by atoms with Crippen LogP contribution in [-0.2, 0) is 0 Å². The number of rotatable bonds is 3. The van der Waals surface area contributed by atoms with E-state index in [2.05, 4.69) is 10.2 Å². The molecule has 0 bridgehead atoms. The Labute approximate surface area is 95.9 Å². The van der Waals surface area contributed by atoms with Crippen molar-refractivity contribution in [3.63, 3.8) is 0 Å². The molecule has 0 radical (unpaired) electrons. The minimum absolute atomic E-state index is 0.0526. The summed E-state index contributed by atoms with van der Waals surface area (Å²) in [4.78, 5) is 10.7. The number of ether oxygens (including phenoxy) is 1. The Morgan fingerprint density at radius 2 is 2.18 bits per heavy atom. The fourth-order valence-electron chi connectivity index (χ4n) is 1.41. The van der Waals surface area contributed by atoms with E-state index >= 15 is 0 Å². The Hall–Kier alpha value is -2.37. The zero-order chi connectivity index (χ0) is 12.4. The number of nitrogens with zero attached hydrogens (tertiary/aromatic N) is 1. The fraction of sp³-hybridized carbons (Fsp3) is 0.0909. The third-order valence-electron chi connectivity index (χ3n) is 2.21. The van der Waals surface area contributed by atoms with Crippen LogP contribution in [0.2, 0.25) is 0 Å². The molecule has 1 aromatic heterocycles. The molecule has 1 aromatic carbocycles. The molecule has 17 heavy (non-hydrogen) atoms. The van der Waals surface area contributed by atoms with Gasteiger partial charge in [0.2, 0.25) is 0 Å². The number of aromatic nitrogens is 2. The Kier molecular flexibility index (Phi) is 2.78. The molecule has 2 rings (SSSR count). The molecule has 0 aliphatic heterocycles. The molecule has 2 N–H and O–H groups in total. The average Bonchev–Trinajstić information content (AvgIpc) is 2.77. The van der Waals surface area contributed by atoms with Crippen molar-refractivity contribution in [2.45, 2.75) is 0 Å². The van der Waals surface area contributed by atoms with E-state index in [0.717, 1.165) is 0 Å². The first-order chi connectivity index (χ1) is 8.10. The molecule has 0 fully saturated rings. The third-order valence-corrected chi connectivity index (χ3v) is 2.21. The first-order valence-electron chi connectivity index (χ1n) is 4.74. The van der Waals surface area contributed by atoms with E-state index in [-0.39, 0.29) is 5.69 Å². The summed E-state index contributed by atoms with van der Waals surface area (Å²) in [6.45, 7) is 0. The Bertz CT molecular complexity index is 566. The van der Waals surface area contributed by atoms with Crippen molar-refractivity contribution in [1.29, 1.82) is 0 Å². The maximum Gasteiger partial charge on any atom is 0.353 e. The van der Waals surface area contributed by atoms with Crippen LogP contribution in [0.3, 0.4) is 0 Å². The third kappa shape index (κ3) is 2.25. The second-order valence-corrected chi connectivity index (χ2v) is 3.35. The van der Waals surface area contributed by atoms with Gasteiger partial charge in [0.25, 0.3) is 0 Å². The van der Waals surface area contributed by atoms with Crippen LogP contribution in [0.4, 0.5) is 4.39 Å².